The predicted molar refractivity (Wildman–Crippen MR) is 56.2 cm³/mol. The van der Waals surface area contributed by atoms with Gasteiger partial charge in [-0.15, -0.1) is 0 Å². The molecule has 2 heterocycles. The second kappa shape index (κ2) is 4.61. The molecule has 0 fully saturated rings. The molecule has 0 atom stereocenters. The molecule has 0 unspecified atom stereocenters. The minimum atomic E-state index is -0.0659. The van der Waals surface area contributed by atoms with Crippen molar-refractivity contribution in [3.8, 4) is 0 Å². The van der Waals surface area contributed by atoms with Crippen LogP contribution in [-0.4, -0.2) is 10.1 Å². The Morgan fingerprint density at radius 3 is 2.73 bits per heavy atom. The summed E-state index contributed by atoms with van der Waals surface area (Å²) < 4.78 is 5.31. The number of nitrogens with zero attached hydrogens (tertiary/aromatic N) is 1. The Bertz CT molecular complexity index is 412. The van der Waals surface area contributed by atoms with E-state index in [1.807, 2.05) is 24.3 Å². The highest BCUT2D eigenvalue weighted by atomic mass is 16.4. The monoisotopic (exact) mass is 204 g/mol. The molecule has 15 heavy (non-hydrogen) atoms. The van der Waals surface area contributed by atoms with E-state index >= 15 is 0 Å². The van der Waals surface area contributed by atoms with Crippen LogP contribution in [0.5, 0.6) is 0 Å². The Hall–Kier alpha value is -1.81. The van der Waals surface area contributed by atoms with E-state index in [-0.39, 0.29) is 6.61 Å². The van der Waals surface area contributed by atoms with Gasteiger partial charge in [-0.2, -0.15) is 0 Å². The van der Waals surface area contributed by atoms with Gasteiger partial charge in [-0.1, -0.05) is 6.07 Å². The van der Waals surface area contributed by atoms with Crippen molar-refractivity contribution < 1.29 is 9.52 Å². The molecule has 0 aliphatic rings. The number of aromatic nitrogens is 1. The standard InChI is InChI=1S/C11H12N2O2/c14-8-10-5-4-9(15-10)7-13-11-3-1-2-6-12-11/h1-6,14H,7-8H2,(H,12,13). The summed E-state index contributed by atoms with van der Waals surface area (Å²) in [4.78, 5) is 4.12. The van der Waals surface area contributed by atoms with E-state index in [2.05, 4.69) is 10.3 Å². The highest BCUT2D eigenvalue weighted by Crippen LogP contribution is 2.09. The van der Waals surface area contributed by atoms with Gasteiger partial charge in [0.25, 0.3) is 0 Å². The average molecular weight is 204 g/mol. The normalized spacial score (nSPS) is 10.2. The van der Waals surface area contributed by atoms with E-state index in [1.165, 1.54) is 0 Å². The van der Waals surface area contributed by atoms with Crippen LogP contribution in [0.4, 0.5) is 5.82 Å². The van der Waals surface area contributed by atoms with Gasteiger partial charge in [0.1, 0.15) is 23.9 Å². The summed E-state index contributed by atoms with van der Waals surface area (Å²) in [6.45, 7) is 0.501. The molecule has 78 valence electrons. The first kappa shape index (κ1) is 9.73. The van der Waals surface area contributed by atoms with Crippen molar-refractivity contribution in [1.29, 1.82) is 0 Å². The number of furan rings is 1. The minimum Gasteiger partial charge on any atom is -0.462 e. The average Bonchev–Trinajstić information content (AvgIpc) is 2.76. The van der Waals surface area contributed by atoms with Crippen molar-refractivity contribution in [3.63, 3.8) is 0 Å². The molecule has 0 radical (unpaired) electrons. The van der Waals surface area contributed by atoms with Gasteiger partial charge in [0.2, 0.25) is 0 Å². The van der Waals surface area contributed by atoms with Crippen LogP contribution in [0.3, 0.4) is 0 Å². The summed E-state index contributed by atoms with van der Waals surface area (Å²) >= 11 is 0. The van der Waals surface area contributed by atoms with Crippen molar-refractivity contribution in [2.24, 2.45) is 0 Å². The van der Waals surface area contributed by atoms with Crippen molar-refractivity contribution in [3.05, 3.63) is 48.0 Å². The van der Waals surface area contributed by atoms with E-state index < -0.39 is 0 Å². The quantitative estimate of drug-likeness (QED) is 0.797. The lowest BCUT2D eigenvalue weighted by Crippen LogP contribution is -1.99. The van der Waals surface area contributed by atoms with Crippen LogP contribution < -0.4 is 5.32 Å². The third kappa shape index (κ3) is 2.57. The van der Waals surface area contributed by atoms with Gasteiger partial charge in [-0.25, -0.2) is 4.98 Å². The van der Waals surface area contributed by atoms with Crippen LogP contribution in [0.15, 0.2) is 40.9 Å². The Morgan fingerprint density at radius 1 is 1.20 bits per heavy atom. The topological polar surface area (TPSA) is 58.3 Å². The molecule has 4 heteroatoms. The zero-order valence-electron chi connectivity index (χ0n) is 8.18. The smallest absolute Gasteiger partial charge is 0.129 e. The molecule has 0 saturated carbocycles. The van der Waals surface area contributed by atoms with Crippen LogP contribution in [-0.2, 0) is 13.2 Å². The largest absolute Gasteiger partial charge is 0.462 e. The van der Waals surface area contributed by atoms with Crippen molar-refractivity contribution in [2.75, 3.05) is 5.32 Å². The molecule has 0 saturated heterocycles. The SMILES string of the molecule is OCc1ccc(CNc2ccccn2)o1. The molecule has 2 aromatic heterocycles. The molecule has 0 aromatic carbocycles. The zero-order chi connectivity index (χ0) is 10.5. The number of rotatable bonds is 4. The van der Waals surface area contributed by atoms with Crippen molar-refractivity contribution in [2.45, 2.75) is 13.2 Å². The fourth-order valence-electron chi connectivity index (χ4n) is 1.25. The molecule has 4 nitrogen and oxygen atoms in total. The zero-order valence-corrected chi connectivity index (χ0v) is 8.18. The molecule has 0 aliphatic carbocycles. The molecule has 0 amide bonds. The number of pyridine rings is 1. The molecule has 0 bridgehead atoms. The Morgan fingerprint density at radius 2 is 2.07 bits per heavy atom. The summed E-state index contributed by atoms with van der Waals surface area (Å²) in [6, 6.07) is 9.26. The molecule has 2 N–H and O–H groups in total. The first-order valence-electron chi connectivity index (χ1n) is 4.72. The first-order chi connectivity index (χ1) is 7.38. The van der Waals surface area contributed by atoms with Gasteiger partial charge in [-0.3, -0.25) is 0 Å². The van der Waals surface area contributed by atoms with Gasteiger partial charge in [-0.05, 0) is 24.3 Å². The predicted octanol–water partition coefficient (Wildman–Crippen LogP) is 1.78. The highest BCUT2D eigenvalue weighted by Gasteiger charge is 2.00. The fourth-order valence-corrected chi connectivity index (χ4v) is 1.25. The number of nitrogens with one attached hydrogen (secondary N) is 1. The van der Waals surface area contributed by atoms with Crippen LogP contribution >= 0.6 is 0 Å². The van der Waals surface area contributed by atoms with E-state index in [1.54, 1.807) is 12.3 Å². The number of aliphatic hydroxyl groups excluding tert-OH is 1. The van der Waals surface area contributed by atoms with E-state index in [0.717, 1.165) is 11.6 Å². The van der Waals surface area contributed by atoms with Gasteiger partial charge < -0.3 is 14.8 Å². The number of anilines is 1. The summed E-state index contributed by atoms with van der Waals surface area (Å²) in [7, 11) is 0. The summed E-state index contributed by atoms with van der Waals surface area (Å²) in [5.74, 6) is 2.16. The maximum absolute atomic E-state index is 8.81. The van der Waals surface area contributed by atoms with Crippen LogP contribution in [0, 0.1) is 0 Å². The highest BCUT2D eigenvalue weighted by molar-refractivity contribution is 5.33. The van der Waals surface area contributed by atoms with Gasteiger partial charge in [0.05, 0.1) is 6.54 Å². The summed E-state index contributed by atoms with van der Waals surface area (Å²) in [5, 5.41) is 11.9. The Balaban J connectivity index is 1.93. The minimum absolute atomic E-state index is 0.0659. The fraction of sp³-hybridized carbons (Fsp3) is 0.182. The number of hydrogen-bond acceptors (Lipinski definition) is 4. The molecule has 0 spiro atoms. The number of hydrogen-bond donors (Lipinski definition) is 2. The lowest BCUT2D eigenvalue weighted by molar-refractivity contribution is 0.244. The second-order valence-corrected chi connectivity index (χ2v) is 3.09. The Labute approximate surface area is 87.6 Å². The van der Waals surface area contributed by atoms with Gasteiger partial charge in [0.15, 0.2) is 0 Å². The Kier molecular flexibility index (Phi) is 2.99. The van der Waals surface area contributed by atoms with E-state index in [0.29, 0.717) is 12.3 Å². The third-order valence-corrected chi connectivity index (χ3v) is 1.98. The van der Waals surface area contributed by atoms with E-state index in [9.17, 15) is 0 Å². The van der Waals surface area contributed by atoms with Crippen molar-refractivity contribution >= 4 is 5.82 Å². The summed E-state index contributed by atoms with van der Waals surface area (Å²) in [6.07, 6.45) is 1.73. The number of aliphatic hydroxyl groups is 1. The molecular weight excluding hydrogens is 192 g/mol. The first-order valence-corrected chi connectivity index (χ1v) is 4.72. The molecular formula is C11H12N2O2. The molecule has 2 rings (SSSR count). The molecule has 0 aliphatic heterocycles. The van der Waals surface area contributed by atoms with Gasteiger partial charge in [0, 0.05) is 6.20 Å². The van der Waals surface area contributed by atoms with Crippen LogP contribution in [0.1, 0.15) is 11.5 Å². The van der Waals surface area contributed by atoms with Crippen LogP contribution in [0.25, 0.3) is 0 Å². The van der Waals surface area contributed by atoms with E-state index in [4.69, 9.17) is 9.52 Å². The van der Waals surface area contributed by atoms with Crippen molar-refractivity contribution in [1.82, 2.24) is 4.98 Å². The maximum atomic E-state index is 8.81. The third-order valence-electron chi connectivity index (χ3n) is 1.98. The van der Waals surface area contributed by atoms with Gasteiger partial charge >= 0.3 is 0 Å². The maximum Gasteiger partial charge on any atom is 0.129 e. The van der Waals surface area contributed by atoms with Crippen LogP contribution in [0.2, 0.25) is 0 Å². The lowest BCUT2D eigenvalue weighted by Gasteiger charge is -2.01. The lowest BCUT2D eigenvalue weighted by atomic mass is 10.4. The molecule has 2 aromatic rings. The second-order valence-electron chi connectivity index (χ2n) is 3.09. The summed E-state index contributed by atoms with van der Waals surface area (Å²) in [5.41, 5.74) is 0.